The SMILES string of the molecule is COc1c(C)c2c(c(F)c1N1C(C)(C)C(=O)NS1(=O)=O)CCCO2. The molecule has 2 aliphatic heterocycles. The highest BCUT2D eigenvalue weighted by molar-refractivity contribution is 7.92. The maximum Gasteiger partial charge on any atom is 0.327 e. The van der Waals surface area contributed by atoms with Crippen LogP contribution in [0.2, 0.25) is 0 Å². The van der Waals surface area contributed by atoms with E-state index in [0.717, 1.165) is 4.31 Å². The largest absolute Gasteiger partial charge is 0.494 e. The zero-order valence-electron chi connectivity index (χ0n) is 13.9. The van der Waals surface area contributed by atoms with Crippen molar-refractivity contribution in [2.24, 2.45) is 0 Å². The minimum atomic E-state index is -4.22. The van der Waals surface area contributed by atoms with Crippen LogP contribution in [0.4, 0.5) is 10.1 Å². The Morgan fingerprint density at radius 3 is 2.58 bits per heavy atom. The smallest absolute Gasteiger partial charge is 0.327 e. The minimum absolute atomic E-state index is 0.0429. The van der Waals surface area contributed by atoms with Crippen LogP contribution in [0.3, 0.4) is 0 Å². The first-order chi connectivity index (χ1) is 11.1. The van der Waals surface area contributed by atoms with E-state index in [0.29, 0.717) is 36.3 Å². The lowest BCUT2D eigenvalue weighted by atomic mass is 9.97. The van der Waals surface area contributed by atoms with Crippen molar-refractivity contribution in [3.05, 3.63) is 16.9 Å². The number of nitrogens with zero attached hydrogens (tertiary/aromatic N) is 1. The summed E-state index contributed by atoms with van der Waals surface area (Å²) >= 11 is 0. The van der Waals surface area contributed by atoms with Gasteiger partial charge in [-0.15, -0.1) is 0 Å². The van der Waals surface area contributed by atoms with E-state index in [1.165, 1.54) is 21.0 Å². The molecular weight excluding hydrogens is 339 g/mol. The monoisotopic (exact) mass is 358 g/mol. The second-order valence-corrected chi connectivity index (χ2v) is 7.86. The van der Waals surface area contributed by atoms with Crippen LogP contribution in [0.15, 0.2) is 0 Å². The highest BCUT2D eigenvalue weighted by Gasteiger charge is 2.53. The zero-order chi connectivity index (χ0) is 17.9. The van der Waals surface area contributed by atoms with E-state index in [1.54, 1.807) is 6.92 Å². The van der Waals surface area contributed by atoms with Crippen LogP contribution in [0, 0.1) is 12.7 Å². The molecule has 0 aliphatic carbocycles. The van der Waals surface area contributed by atoms with Crippen molar-refractivity contribution >= 4 is 21.8 Å². The lowest BCUT2D eigenvalue weighted by molar-refractivity contribution is -0.122. The summed E-state index contributed by atoms with van der Waals surface area (Å²) in [6.07, 6.45) is 1.05. The fourth-order valence-corrected chi connectivity index (χ4v) is 4.86. The molecule has 9 heteroatoms. The third-order valence-corrected chi connectivity index (χ3v) is 5.96. The quantitative estimate of drug-likeness (QED) is 0.864. The second kappa shape index (κ2) is 5.23. The van der Waals surface area contributed by atoms with Crippen LogP contribution >= 0.6 is 0 Å². The first kappa shape index (κ1) is 16.8. The van der Waals surface area contributed by atoms with Crippen molar-refractivity contribution < 1.29 is 27.1 Å². The Labute approximate surface area is 139 Å². The van der Waals surface area contributed by atoms with Crippen molar-refractivity contribution in [1.82, 2.24) is 4.72 Å². The molecule has 1 N–H and O–H groups in total. The molecule has 0 aromatic heterocycles. The first-order valence-electron chi connectivity index (χ1n) is 7.52. The van der Waals surface area contributed by atoms with E-state index in [-0.39, 0.29) is 11.4 Å². The van der Waals surface area contributed by atoms with Crippen LogP contribution in [0.25, 0.3) is 0 Å². The molecule has 7 nitrogen and oxygen atoms in total. The number of benzene rings is 1. The highest BCUT2D eigenvalue weighted by atomic mass is 32.2. The van der Waals surface area contributed by atoms with Gasteiger partial charge in [-0.1, -0.05) is 0 Å². The van der Waals surface area contributed by atoms with Gasteiger partial charge in [-0.05, 0) is 33.6 Å². The number of carbonyl (C=O) groups is 1. The maximum absolute atomic E-state index is 15.2. The molecule has 1 saturated heterocycles. The molecule has 0 radical (unpaired) electrons. The van der Waals surface area contributed by atoms with Gasteiger partial charge in [-0.3, -0.25) is 4.79 Å². The number of anilines is 1. The van der Waals surface area contributed by atoms with Crippen LogP contribution < -0.4 is 18.5 Å². The van der Waals surface area contributed by atoms with Gasteiger partial charge >= 0.3 is 10.2 Å². The Bertz CT molecular complexity index is 835. The molecule has 3 rings (SSSR count). The molecule has 2 aliphatic rings. The summed E-state index contributed by atoms with van der Waals surface area (Å²) in [5.74, 6) is -1.04. The number of hydrogen-bond acceptors (Lipinski definition) is 5. The number of fused-ring (bicyclic) bond motifs is 1. The summed E-state index contributed by atoms with van der Waals surface area (Å²) in [4.78, 5) is 12.1. The van der Waals surface area contributed by atoms with Crippen molar-refractivity contribution in [1.29, 1.82) is 0 Å². The molecule has 1 aromatic rings. The van der Waals surface area contributed by atoms with Crippen LogP contribution in [0.5, 0.6) is 11.5 Å². The first-order valence-corrected chi connectivity index (χ1v) is 8.96. The van der Waals surface area contributed by atoms with Crippen molar-refractivity contribution in [3.63, 3.8) is 0 Å². The van der Waals surface area contributed by atoms with E-state index < -0.39 is 27.5 Å². The average Bonchev–Trinajstić information content (AvgIpc) is 2.67. The molecule has 1 amide bonds. The number of rotatable bonds is 2. The van der Waals surface area contributed by atoms with Crippen LogP contribution in [0.1, 0.15) is 31.4 Å². The molecule has 0 atom stereocenters. The Morgan fingerprint density at radius 2 is 2.04 bits per heavy atom. The van der Waals surface area contributed by atoms with Gasteiger partial charge in [0.15, 0.2) is 11.6 Å². The lowest BCUT2D eigenvalue weighted by Gasteiger charge is -2.32. The Balaban J connectivity index is 2.36. The summed E-state index contributed by atoms with van der Waals surface area (Å²) < 4.78 is 53.6. The number of amides is 1. The van der Waals surface area contributed by atoms with E-state index in [2.05, 4.69) is 0 Å². The molecule has 0 saturated carbocycles. The molecule has 0 bridgehead atoms. The van der Waals surface area contributed by atoms with Gasteiger partial charge in [-0.25, -0.2) is 13.4 Å². The maximum atomic E-state index is 15.2. The predicted molar refractivity (Wildman–Crippen MR) is 85.1 cm³/mol. The Kier molecular flexibility index (Phi) is 3.67. The summed E-state index contributed by atoms with van der Waals surface area (Å²) in [6, 6.07) is 0. The van der Waals surface area contributed by atoms with E-state index >= 15 is 4.39 Å². The number of hydrogen-bond donors (Lipinski definition) is 1. The second-order valence-electron chi connectivity index (χ2n) is 6.34. The number of carbonyl (C=O) groups excluding carboxylic acids is 1. The van der Waals surface area contributed by atoms with Gasteiger partial charge in [-0.2, -0.15) is 8.42 Å². The average molecular weight is 358 g/mol. The fraction of sp³-hybridized carbons (Fsp3) is 0.533. The molecule has 0 spiro atoms. The van der Waals surface area contributed by atoms with Crippen LogP contribution in [-0.2, 0) is 21.4 Å². The number of methoxy groups -OCH3 is 1. The molecule has 0 unspecified atom stereocenters. The number of halogens is 1. The highest BCUT2D eigenvalue weighted by Crippen LogP contribution is 2.48. The van der Waals surface area contributed by atoms with Gasteiger partial charge in [0, 0.05) is 11.1 Å². The topological polar surface area (TPSA) is 84.9 Å². The third-order valence-electron chi connectivity index (χ3n) is 4.39. The number of ether oxygens (including phenoxy) is 2. The van der Waals surface area contributed by atoms with Gasteiger partial charge in [0.1, 0.15) is 17.0 Å². The van der Waals surface area contributed by atoms with Crippen molar-refractivity contribution in [2.75, 3.05) is 18.0 Å². The zero-order valence-corrected chi connectivity index (χ0v) is 14.7. The van der Waals surface area contributed by atoms with E-state index in [4.69, 9.17) is 9.47 Å². The molecule has 24 heavy (non-hydrogen) atoms. The molecule has 1 fully saturated rings. The lowest BCUT2D eigenvalue weighted by Crippen LogP contribution is -2.45. The normalized spacial score (nSPS) is 21.0. The van der Waals surface area contributed by atoms with E-state index in [9.17, 15) is 13.2 Å². The van der Waals surface area contributed by atoms with Gasteiger partial charge in [0.05, 0.1) is 13.7 Å². The molecular formula is C15H19FN2O5S. The van der Waals surface area contributed by atoms with Gasteiger partial charge in [0.2, 0.25) is 0 Å². The summed E-state index contributed by atoms with van der Waals surface area (Å²) in [5.41, 5.74) is -0.931. The molecule has 1 aromatic carbocycles. The van der Waals surface area contributed by atoms with Crippen molar-refractivity contribution in [2.45, 2.75) is 39.2 Å². The predicted octanol–water partition coefficient (Wildman–Crippen LogP) is 1.43. The van der Waals surface area contributed by atoms with Crippen molar-refractivity contribution in [3.8, 4) is 11.5 Å². The standard InChI is InChI=1S/C15H19FN2O5S/c1-8-12-9(6-5-7-23-12)10(16)11(13(8)22-4)18-15(2,3)14(19)17-24(18,20)21/h5-7H2,1-4H3,(H,17,19). The van der Waals surface area contributed by atoms with E-state index in [1.807, 2.05) is 4.72 Å². The fourth-order valence-electron chi connectivity index (χ4n) is 3.20. The van der Waals surface area contributed by atoms with Crippen LogP contribution in [-0.4, -0.2) is 33.6 Å². The Hall–Kier alpha value is -2.03. The molecule has 132 valence electrons. The van der Waals surface area contributed by atoms with Gasteiger partial charge in [0.25, 0.3) is 5.91 Å². The molecule has 2 heterocycles. The van der Waals surface area contributed by atoms with Gasteiger partial charge < -0.3 is 9.47 Å². The number of nitrogens with one attached hydrogen (secondary N) is 1. The Morgan fingerprint density at radius 1 is 1.38 bits per heavy atom. The summed E-state index contributed by atoms with van der Waals surface area (Å²) in [5, 5.41) is 0. The summed E-state index contributed by atoms with van der Waals surface area (Å²) in [6.45, 7) is 4.97. The summed E-state index contributed by atoms with van der Waals surface area (Å²) in [7, 11) is -2.90. The third kappa shape index (κ3) is 2.14. The minimum Gasteiger partial charge on any atom is -0.494 e.